The Morgan fingerprint density at radius 2 is 2.42 bits per heavy atom. The minimum absolute atomic E-state index is 0.0637. The Morgan fingerprint density at radius 1 is 1.63 bits per heavy atom. The van der Waals surface area contributed by atoms with Gasteiger partial charge >= 0.3 is 0 Å². The van der Waals surface area contributed by atoms with Crippen LogP contribution in [0, 0.1) is 0 Å². The van der Waals surface area contributed by atoms with E-state index in [1.165, 1.54) is 6.92 Å². The average Bonchev–Trinajstić information content (AvgIpc) is 2.36. The van der Waals surface area contributed by atoms with E-state index in [9.17, 15) is 4.79 Å². The summed E-state index contributed by atoms with van der Waals surface area (Å²) in [7, 11) is 0. The van der Waals surface area contributed by atoms with Crippen molar-refractivity contribution >= 4 is 34.9 Å². The van der Waals surface area contributed by atoms with Crippen molar-refractivity contribution in [3.8, 4) is 0 Å². The number of rotatable bonds is 3. The maximum atomic E-state index is 10.9. The molecule has 1 atom stereocenters. The molecule has 1 amide bonds. The van der Waals surface area contributed by atoms with Crippen LogP contribution in [0.1, 0.15) is 6.92 Å². The fraction of sp³-hybridized carbons (Fsp3) is 0.500. The largest absolute Gasteiger partial charge is 0.373 e. The highest BCUT2D eigenvalue weighted by molar-refractivity contribution is 6.36. The summed E-state index contributed by atoms with van der Waals surface area (Å²) in [5, 5.41) is 3.78. The molecule has 2 heterocycles. The van der Waals surface area contributed by atoms with Crippen LogP contribution in [0.25, 0.3) is 0 Å². The van der Waals surface area contributed by atoms with Gasteiger partial charge in [0.05, 0.1) is 22.8 Å². The molecule has 2 rings (SSSR count). The summed E-state index contributed by atoms with van der Waals surface area (Å²) in [6.07, 6.45) is 1.51. The molecular formula is C12H15Cl2N3O2. The van der Waals surface area contributed by atoms with Crippen molar-refractivity contribution in [2.24, 2.45) is 0 Å². The number of ether oxygens (including phenoxy) is 1. The zero-order chi connectivity index (χ0) is 13.8. The maximum absolute atomic E-state index is 10.9. The summed E-state index contributed by atoms with van der Waals surface area (Å²) in [6.45, 7) is 3.89. The van der Waals surface area contributed by atoms with Gasteiger partial charge in [-0.3, -0.25) is 4.79 Å². The highest BCUT2D eigenvalue weighted by Gasteiger charge is 2.23. The average molecular weight is 304 g/mol. The topological polar surface area (TPSA) is 54.5 Å². The number of hydrogen-bond acceptors (Lipinski definition) is 4. The summed E-state index contributed by atoms with van der Waals surface area (Å²) in [5.74, 6) is 0.630. The van der Waals surface area contributed by atoms with Gasteiger partial charge in [-0.1, -0.05) is 23.2 Å². The number of amides is 1. The van der Waals surface area contributed by atoms with Crippen molar-refractivity contribution < 1.29 is 9.53 Å². The van der Waals surface area contributed by atoms with Gasteiger partial charge in [-0.2, -0.15) is 0 Å². The Kier molecular flexibility index (Phi) is 4.85. The normalized spacial score (nSPS) is 19.3. The molecule has 0 spiro atoms. The van der Waals surface area contributed by atoms with Crippen LogP contribution in [0.3, 0.4) is 0 Å². The van der Waals surface area contributed by atoms with Crippen LogP contribution in [0.2, 0.25) is 10.0 Å². The van der Waals surface area contributed by atoms with Gasteiger partial charge in [-0.05, 0) is 6.07 Å². The lowest BCUT2D eigenvalue weighted by molar-refractivity contribution is -0.119. The molecule has 1 fully saturated rings. The van der Waals surface area contributed by atoms with Gasteiger partial charge in [0.15, 0.2) is 0 Å². The first kappa shape index (κ1) is 14.4. The van der Waals surface area contributed by atoms with E-state index in [0.717, 1.165) is 0 Å². The quantitative estimate of drug-likeness (QED) is 0.924. The molecule has 0 bridgehead atoms. The standard InChI is InChI=1S/C12H15Cl2N3O2/c1-8(18)15-6-10-7-17(2-3-19-10)12-11(14)4-9(13)5-16-12/h4-5,10H,2-3,6-7H2,1H3,(H,15,18)/t10-/m1/s1. The summed E-state index contributed by atoms with van der Waals surface area (Å²) in [6, 6.07) is 1.67. The van der Waals surface area contributed by atoms with Gasteiger partial charge < -0.3 is 15.0 Å². The van der Waals surface area contributed by atoms with E-state index in [1.54, 1.807) is 12.3 Å². The zero-order valence-corrected chi connectivity index (χ0v) is 12.0. The zero-order valence-electron chi connectivity index (χ0n) is 10.5. The molecule has 0 unspecified atom stereocenters. The lowest BCUT2D eigenvalue weighted by Gasteiger charge is -2.34. The van der Waals surface area contributed by atoms with E-state index in [1.807, 2.05) is 4.90 Å². The monoisotopic (exact) mass is 303 g/mol. The molecule has 0 saturated carbocycles. The van der Waals surface area contributed by atoms with Gasteiger partial charge in [-0.25, -0.2) is 4.98 Å². The van der Waals surface area contributed by atoms with Crippen molar-refractivity contribution in [2.75, 3.05) is 31.1 Å². The van der Waals surface area contributed by atoms with Crippen LogP contribution in [0.15, 0.2) is 12.3 Å². The minimum Gasteiger partial charge on any atom is -0.373 e. The first-order chi connectivity index (χ1) is 9.06. The van der Waals surface area contributed by atoms with Crippen molar-refractivity contribution in [3.05, 3.63) is 22.3 Å². The fourth-order valence-corrected chi connectivity index (χ4v) is 2.43. The van der Waals surface area contributed by atoms with E-state index in [2.05, 4.69) is 10.3 Å². The lowest BCUT2D eigenvalue weighted by atomic mass is 10.2. The van der Waals surface area contributed by atoms with Crippen molar-refractivity contribution in [2.45, 2.75) is 13.0 Å². The van der Waals surface area contributed by atoms with Crippen molar-refractivity contribution in [3.63, 3.8) is 0 Å². The lowest BCUT2D eigenvalue weighted by Crippen LogP contribution is -2.47. The Hall–Kier alpha value is -1.04. The number of hydrogen-bond donors (Lipinski definition) is 1. The van der Waals surface area contributed by atoms with Crippen LogP contribution in [-0.2, 0) is 9.53 Å². The van der Waals surface area contributed by atoms with E-state index in [-0.39, 0.29) is 12.0 Å². The first-order valence-electron chi connectivity index (χ1n) is 5.98. The molecule has 104 valence electrons. The number of nitrogens with one attached hydrogen (secondary N) is 1. The second-order valence-corrected chi connectivity index (χ2v) is 5.18. The van der Waals surface area contributed by atoms with Crippen LogP contribution in [0.4, 0.5) is 5.82 Å². The predicted molar refractivity (Wildman–Crippen MR) is 74.9 cm³/mol. The number of anilines is 1. The number of carbonyl (C=O) groups is 1. The molecule has 0 aromatic carbocycles. The molecular weight excluding hydrogens is 289 g/mol. The van der Waals surface area contributed by atoms with Gasteiger partial charge in [0.2, 0.25) is 5.91 Å². The molecule has 1 N–H and O–H groups in total. The summed E-state index contributed by atoms with van der Waals surface area (Å²) < 4.78 is 5.59. The molecule has 1 aliphatic rings. The minimum atomic E-state index is -0.0663. The number of pyridine rings is 1. The third kappa shape index (κ3) is 3.96. The second kappa shape index (κ2) is 6.41. The molecule has 1 saturated heterocycles. The maximum Gasteiger partial charge on any atom is 0.216 e. The Labute approximate surface area is 121 Å². The van der Waals surface area contributed by atoms with Crippen LogP contribution in [-0.4, -0.2) is 43.2 Å². The fourth-order valence-electron chi connectivity index (χ4n) is 1.93. The summed E-state index contributed by atoms with van der Waals surface area (Å²) >= 11 is 12.0. The summed E-state index contributed by atoms with van der Waals surface area (Å²) in [4.78, 5) is 17.2. The first-order valence-corrected chi connectivity index (χ1v) is 6.74. The van der Waals surface area contributed by atoms with E-state index in [0.29, 0.717) is 42.1 Å². The molecule has 19 heavy (non-hydrogen) atoms. The number of aromatic nitrogens is 1. The van der Waals surface area contributed by atoms with Gasteiger partial charge in [0.25, 0.3) is 0 Å². The molecule has 5 nitrogen and oxygen atoms in total. The molecule has 1 aromatic heterocycles. The van der Waals surface area contributed by atoms with E-state index < -0.39 is 0 Å². The van der Waals surface area contributed by atoms with Gasteiger partial charge in [0, 0.05) is 32.8 Å². The smallest absolute Gasteiger partial charge is 0.216 e. The van der Waals surface area contributed by atoms with Crippen LogP contribution >= 0.6 is 23.2 Å². The van der Waals surface area contributed by atoms with Gasteiger partial charge in [-0.15, -0.1) is 0 Å². The summed E-state index contributed by atoms with van der Waals surface area (Å²) in [5.41, 5.74) is 0. The van der Waals surface area contributed by atoms with E-state index >= 15 is 0 Å². The van der Waals surface area contributed by atoms with E-state index in [4.69, 9.17) is 27.9 Å². The van der Waals surface area contributed by atoms with Crippen LogP contribution < -0.4 is 10.2 Å². The molecule has 1 aromatic rings. The highest BCUT2D eigenvalue weighted by Crippen LogP contribution is 2.27. The third-order valence-electron chi connectivity index (χ3n) is 2.81. The van der Waals surface area contributed by atoms with Crippen LogP contribution in [0.5, 0.6) is 0 Å². The SMILES string of the molecule is CC(=O)NC[C@@H]1CN(c2ncc(Cl)cc2Cl)CCO1. The number of morpholine rings is 1. The third-order valence-corrected chi connectivity index (χ3v) is 3.29. The Balaban J connectivity index is 2.02. The van der Waals surface area contributed by atoms with Crippen molar-refractivity contribution in [1.82, 2.24) is 10.3 Å². The number of halogens is 2. The Bertz CT molecular complexity index is 470. The van der Waals surface area contributed by atoms with Gasteiger partial charge in [0.1, 0.15) is 5.82 Å². The second-order valence-electron chi connectivity index (χ2n) is 4.33. The number of nitrogens with zero attached hydrogens (tertiary/aromatic N) is 2. The molecule has 7 heteroatoms. The number of carbonyl (C=O) groups excluding carboxylic acids is 1. The predicted octanol–water partition coefficient (Wildman–Crippen LogP) is 1.73. The van der Waals surface area contributed by atoms with Crippen molar-refractivity contribution in [1.29, 1.82) is 0 Å². The highest BCUT2D eigenvalue weighted by atomic mass is 35.5. The molecule has 0 radical (unpaired) electrons. The molecule has 0 aliphatic carbocycles. The molecule has 1 aliphatic heterocycles. The Morgan fingerprint density at radius 3 is 3.11 bits per heavy atom.